The Morgan fingerprint density at radius 3 is 1.80 bits per heavy atom. The van der Waals surface area contributed by atoms with E-state index < -0.39 is 26.4 Å². The molecule has 0 bridgehead atoms. The van der Waals surface area contributed by atoms with Crippen LogP contribution in [0.3, 0.4) is 0 Å². The van der Waals surface area contributed by atoms with Crippen molar-refractivity contribution in [1.82, 2.24) is 0 Å². The van der Waals surface area contributed by atoms with Gasteiger partial charge in [0.2, 0.25) is 0 Å². The summed E-state index contributed by atoms with van der Waals surface area (Å²) in [5.74, 6) is -2.11. The molecule has 0 heterocycles. The van der Waals surface area contributed by atoms with Crippen LogP contribution < -0.4 is 0 Å². The first-order valence-corrected chi connectivity index (χ1v) is 6.31. The second kappa shape index (κ2) is 3.89. The van der Waals surface area contributed by atoms with Crippen molar-refractivity contribution in [3.8, 4) is 0 Å². The summed E-state index contributed by atoms with van der Waals surface area (Å²) in [6.45, 7) is 3.54. The zero-order chi connectivity index (χ0) is 11.8. The molecular formula is C10H12F2O2S. The summed E-state index contributed by atoms with van der Waals surface area (Å²) in [7, 11) is -3.86. The zero-order valence-corrected chi connectivity index (χ0v) is 9.53. The number of hydrogen-bond donors (Lipinski definition) is 0. The monoisotopic (exact) mass is 234 g/mol. The summed E-state index contributed by atoms with van der Waals surface area (Å²) in [6, 6.07) is 2.12. The minimum Gasteiger partial charge on any atom is -0.224 e. The predicted molar refractivity (Wildman–Crippen MR) is 53.6 cm³/mol. The highest BCUT2D eigenvalue weighted by Gasteiger charge is 2.20. The molecule has 0 aromatic heterocycles. The molecule has 1 aromatic carbocycles. The summed E-state index contributed by atoms with van der Waals surface area (Å²) in [4.78, 5) is -0.855. The molecule has 15 heavy (non-hydrogen) atoms. The van der Waals surface area contributed by atoms with Crippen LogP contribution in [0, 0.1) is 11.6 Å². The summed E-state index contributed by atoms with van der Waals surface area (Å²) < 4.78 is 48.8. The number of benzene rings is 1. The van der Waals surface area contributed by atoms with Crippen LogP contribution in [0.5, 0.6) is 0 Å². The third-order valence-electron chi connectivity index (χ3n) is 2.06. The van der Waals surface area contributed by atoms with E-state index in [9.17, 15) is 17.2 Å². The molecule has 0 saturated carbocycles. The molecular weight excluding hydrogens is 222 g/mol. The van der Waals surface area contributed by atoms with Gasteiger partial charge in [0.25, 0.3) is 0 Å². The summed E-state index contributed by atoms with van der Waals surface area (Å²) >= 11 is 0. The van der Waals surface area contributed by atoms with Crippen molar-refractivity contribution in [2.24, 2.45) is 0 Å². The van der Waals surface area contributed by atoms with Crippen LogP contribution in [-0.2, 0) is 9.84 Å². The van der Waals surface area contributed by atoms with Crippen LogP contribution in [0.2, 0.25) is 0 Å². The standard InChI is InChI=1S/C10H12F2O2S/c1-6(2)7-4-8(11)10(9(12)5-7)15(3,13)14/h4-6H,1-3H3. The van der Waals surface area contributed by atoms with Crippen LogP contribution in [0.4, 0.5) is 8.78 Å². The Hall–Kier alpha value is -0.970. The Labute approximate surface area is 87.8 Å². The normalized spacial score (nSPS) is 12.1. The van der Waals surface area contributed by atoms with Crippen molar-refractivity contribution in [3.63, 3.8) is 0 Å². The fourth-order valence-corrected chi connectivity index (χ4v) is 2.09. The van der Waals surface area contributed by atoms with E-state index in [1.807, 2.05) is 0 Å². The molecule has 0 fully saturated rings. The van der Waals surface area contributed by atoms with Crippen molar-refractivity contribution < 1.29 is 17.2 Å². The minimum atomic E-state index is -3.86. The smallest absolute Gasteiger partial charge is 0.181 e. The van der Waals surface area contributed by atoms with Gasteiger partial charge in [-0.1, -0.05) is 13.8 Å². The van der Waals surface area contributed by atoms with Gasteiger partial charge in [-0.15, -0.1) is 0 Å². The number of rotatable bonds is 2. The average Bonchev–Trinajstić information content (AvgIpc) is 1.99. The molecule has 0 unspecified atom stereocenters. The SMILES string of the molecule is CC(C)c1cc(F)c(S(C)(=O)=O)c(F)c1. The molecule has 0 saturated heterocycles. The molecule has 5 heteroatoms. The van der Waals surface area contributed by atoms with Crippen LogP contribution in [0.15, 0.2) is 17.0 Å². The lowest BCUT2D eigenvalue weighted by molar-refractivity contribution is 0.517. The Kier molecular flexibility index (Phi) is 3.13. The number of sulfone groups is 1. The second-order valence-corrected chi connectivity index (χ2v) is 5.69. The zero-order valence-electron chi connectivity index (χ0n) is 8.71. The van der Waals surface area contributed by atoms with E-state index >= 15 is 0 Å². The van der Waals surface area contributed by atoms with Crippen molar-refractivity contribution in [2.75, 3.05) is 6.26 Å². The molecule has 1 rings (SSSR count). The maximum absolute atomic E-state index is 13.3. The van der Waals surface area contributed by atoms with Crippen LogP contribution in [-0.4, -0.2) is 14.7 Å². The maximum atomic E-state index is 13.3. The fourth-order valence-electron chi connectivity index (χ4n) is 1.27. The van der Waals surface area contributed by atoms with E-state index in [-0.39, 0.29) is 5.92 Å². The van der Waals surface area contributed by atoms with Gasteiger partial charge < -0.3 is 0 Å². The largest absolute Gasteiger partial charge is 0.224 e. The van der Waals surface area contributed by atoms with Crippen LogP contribution >= 0.6 is 0 Å². The van der Waals surface area contributed by atoms with Crippen LogP contribution in [0.25, 0.3) is 0 Å². The third kappa shape index (κ3) is 2.53. The maximum Gasteiger partial charge on any atom is 0.181 e. The average molecular weight is 234 g/mol. The molecule has 0 aliphatic heterocycles. The van der Waals surface area contributed by atoms with Gasteiger partial charge in [0.1, 0.15) is 16.5 Å². The van der Waals surface area contributed by atoms with Crippen molar-refractivity contribution in [1.29, 1.82) is 0 Å². The lowest BCUT2D eigenvalue weighted by atomic mass is 10.0. The van der Waals surface area contributed by atoms with Crippen molar-refractivity contribution in [3.05, 3.63) is 29.3 Å². The van der Waals surface area contributed by atoms with E-state index in [0.29, 0.717) is 5.56 Å². The summed E-state index contributed by atoms with van der Waals surface area (Å²) in [6.07, 6.45) is 0.781. The number of halogens is 2. The lowest BCUT2D eigenvalue weighted by Gasteiger charge is -2.08. The first kappa shape index (κ1) is 12.1. The highest BCUT2D eigenvalue weighted by atomic mass is 32.2. The molecule has 0 aliphatic carbocycles. The predicted octanol–water partition coefficient (Wildman–Crippen LogP) is 2.49. The Morgan fingerprint density at radius 1 is 1.13 bits per heavy atom. The Bertz CT molecular complexity index is 455. The molecule has 0 aliphatic rings. The fraction of sp³-hybridized carbons (Fsp3) is 0.400. The van der Waals surface area contributed by atoms with E-state index in [1.165, 1.54) is 0 Å². The van der Waals surface area contributed by atoms with Gasteiger partial charge in [0.15, 0.2) is 9.84 Å². The highest BCUT2D eigenvalue weighted by Crippen LogP contribution is 2.24. The van der Waals surface area contributed by atoms with E-state index in [4.69, 9.17) is 0 Å². The minimum absolute atomic E-state index is 0.0531. The molecule has 2 nitrogen and oxygen atoms in total. The van der Waals surface area contributed by atoms with E-state index in [2.05, 4.69) is 0 Å². The summed E-state index contributed by atoms with van der Waals surface area (Å²) in [5, 5.41) is 0. The topological polar surface area (TPSA) is 34.1 Å². The molecule has 0 spiro atoms. The van der Waals surface area contributed by atoms with Gasteiger partial charge in [-0.2, -0.15) is 0 Å². The highest BCUT2D eigenvalue weighted by molar-refractivity contribution is 7.90. The van der Waals surface area contributed by atoms with Crippen molar-refractivity contribution >= 4 is 9.84 Å². The molecule has 0 atom stereocenters. The Balaban J connectivity index is 3.48. The van der Waals surface area contributed by atoms with Crippen LogP contribution in [0.1, 0.15) is 25.3 Å². The molecule has 0 amide bonds. The molecule has 0 radical (unpaired) electrons. The van der Waals surface area contributed by atoms with Gasteiger partial charge >= 0.3 is 0 Å². The van der Waals surface area contributed by atoms with Crippen molar-refractivity contribution in [2.45, 2.75) is 24.7 Å². The third-order valence-corrected chi connectivity index (χ3v) is 3.19. The first-order chi connectivity index (χ1) is 6.73. The van der Waals surface area contributed by atoms with Gasteiger partial charge in [0, 0.05) is 6.26 Å². The lowest BCUT2D eigenvalue weighted by Crippen LogP contribution is -2.06. The molecule has 84 valence electrons. The van der Waals surface area contributed by atoms with Gasteiger partial charge in [0.05, 0.1) is 0 Å². The molecule has 1 aromatic rings. The van der Waals surface area contributed by atoms with Gasteiger partial charge in [-0.25, -0.2) is 17.2 Å². The number of hydrogen-bond acceptors (Lipinski definition) is 2. The Morgan fingerprint density at radius 2 is 1.53 bits per heavy atom. The van der Waals surface area contributed by atoms with Gasteiger partial charge in [-0.05, 0) is 23.6 Å². The molecule has 0 N–H and O–H groups in total. The van der Waals surface area contributed by atoms with E-state index in [0.717, 1.165) is 18.4 Å². The quantitative estimate of drug-likeness (QED) is 0.787. The second-order valence-electron chi connectivity index (χ2n) is 3.74. The first-order valence-electron chi connectivity index (χ1n) is 4.42. The van der Waals surface area contributed by atoms with Gasteiger partial charge in [-0.3, -0.25) is 0 Å². The summed E-state index contributed by atoms with van der Waals surface area (Å²) in [5.41, 5.74) is 0.442. The van der Waals surface area contributed by atoms with E-state index in [1.54, 1.807) is 13.8 Å².